The zero-order chi connectivity index (χ0) is 9.82. The van der Waals surface area contributed by atoms with Crippen molar-refractivity contribution in [3.05, 3.63) is 24.8 Å². The summed E-state index contributed by atoms with van der Waals surface area (Å²) >= 11 is 0. The number of rotatable bonds is 4. The van der Waals surface area contributed by atoms with Gasteiger partial charge in [0.05, 0.1) is 0 Å². The van der Waals surface area contributed by atoms with Gasteiger partial charge in [0.1, 0.15) is 0 Å². The van der Waals surface area contributed by atoms with Crippen LogP contribution in [-0.4, -0.2) is 11.1 Å². The molecule has 0 heterocycles. The van der Waals surface area contributed by atoms with Crippen molar-refractivity contribution < 1.29 is 9.90 Å². The quantitative estimate of drug-likeness (QED) is 0.520. The number of allylic oxidation sites excluding steroid dienone is 3. The lowest BCUT2D eigenvalue weighted by Gasteiger charge is -1.85. The van der Waals surface area contributed by atoms with Crippen LogP contribution in [0.3, 0.4) is 0 Å². The monoisotopic (exact) mass is 170 g/mol. The van der Waals surface area contributed by atoms with Crippen molar-refractivity contribution >= 4 is 5.97 Å². The fourth-order valence-electron chi connectivity index (χ4n) is 0.547. The predicted molar refractivity (Wildman–Crippen MR) is 52.2 cm³/mol. The van der Waals surface area contributed by atoms with E-state index in [1.165, 1.54) is 12.8 Å². The molecule has 12 heavy (non-hydrogen) atoms. The number of aliphatic carboxylic acids is 1. The van der Waals surface area contributed by atoms with Gasteiger partial charge in [0.2, 0.25) is 0 Å². The van der Waals surface area contributed by atoms with Crippen LogP contribution in [-0.2, 0) is 4.79 Å². The van der Waals surface area contributed by atoms with E-state index in [9.17, 15) is 0 Å². The molecule has 0 aromatic carbocycles. The Morgan fingerprint density at radius 3 is 2.33 bits per heavy atom. The van der Waals surface area contributed by atoms with Crippen LogP contribution < -0.4 is 0 Å². The normalized spacial score (nSPS) is 8.83. The second kappa shape index (κ2) is 12.6. The maximum Gasteiger partial charge on any atom is 0.300 e. The lowest BCUT2D eigenvalue weighted by molar-refractivity contribution is -0.134. The van der Waals surface area contributed by atoms with E-state index in [-0.39, 0.29) is 0 Å². The summed E-state index contributed by atoms with van der Waals surface area (Å²) in [5, 5.41) is 7.42. The molecule has 0 aromatic rings. The molecule has 0 saturated heterocycles. The molecule has 0 aliphatic heterocycles. The first-order chi connectivity index (χ1) is 5.65. The van der Waals surface area contributed by atoms with E-state index in [0.29, 0.717) is 0 Å². The average molecular weight is 170 g/mol. The van der Waals surface area contributed by atoms with Gasteiger partial charge < -0.3 is 5.11 Å². The summed E-state index contributed by atoms with van der Waals surface area (Å²) in [5.74, 6) is -0.833. The van der Waals surface area contributed by atoms with Gasteiger partial charge in [-0.1, -0.05) is 18.2 Å². The minimum Gasteiger partial charge on any atom is -0.481 e. The van der Waals surface area contributed by atoms with Crippen molar-refractivity contribution in [2.75, 3.05) is 0 Å². The highest BCUT2D eigenvalue weighted by molar-refractivity contribution is 5.62. The molecule has 2 nitrogen and oxygen atoms in total. The third kappa shape index (κ3) is 36.3. The molecule has 1 N–H and O–H groups in total. The van der Waals surface area contributed by atoms with Gasteiger partial charge in [-0.05, 0) is 26.2 Å². The summed E-state index contributed by atoms with van der Waals surface area (Å²) in [7, 11) is 0. The fourth-order valence-corrected chi connectivity index (χ4v) is 0.547. The standard InChI is InChI=1S/C8H14.C2H4O2/c1-3-5-7-8-6-4-2;1-2(3)4/h3-4,6H,1,5,7-8H2,2H3;1H3,(H,3,4)/b6-4+;. The maximum absolute atomic E-state index is 9.00. The number of hydrogen-bond donors (Lipinski definition) is 1. The van der Waals surface area contributed by atoms with Gasteiger partial charge in [-0.15, -0.1) is 6.58 Å². The zero-order valence-corrected chi connectivity index (χ0v) is 7.92. The Labute approximate surface area is 74.6 Å². The summed E-state index contributed by atoms with van der Waals surface area (Å²) < 4.78 is 0. The van der Waals surface area contributed by atoms with Crippen LogP contribution in [0.4, 0.5) is 0 Å². The summed E-state index contributed by atoms with van der Waals surface area (Å²) in [5.41, 5.74) is 0. The van der Waals surface area contributed by atoms with Crippen molar-refractivity contribution in [2.45, 2.75) is 33.1 Å². The molecule has 0 amide bonds. The molecule has 0 saturated carbocycles. The van der Waals surface area contributed by atoms with Crippen LogP contribution in [0.25, 0.3) is 0 Å². The smallest absolute Gasteiger partial charge is 0.300 e. The Morgan fingerprint density at radius 1 is 1.50 bits per heavy atom. The first kappa shape index (κ1) is 13.5. The second-order valence-corrected chi connectivity index (χ2v) is 2.31. The van der Waals surface area contributed by atoms with Gasteiger partial charge in [-0.3, -0.25) is 4.79 Å². The lowest BCUT2D eigenvalue weighted by atomic mass is 10.2. The molecule has 0 bridgehead atoms. The van der Waals surface area contributed by atoms with Gasteiger partial charge in [0.15, 0.2) is 0 Å². The molecular weight excluding hydrogens is 152 g/mol. The Balaban J connectivity index is 0. The van der Waals surface area contributed by atoms with Crippen LogP contribution in [0.2, 0.25) is 0 Å². The summed E-state index contributed by atoms with van der Waals surface area (Å²) in [6.45, 7) is 6.77. The third-order valence-electron chi connectivity index (χ3n) is 1.01. The number of unbranched alkanes of at least 4 members (excludes halogenated alkanes) is 2. The number of carboxylic acids is 1. The van der Waals surface area contributed by atoms with Crippen LogP contribution >= 0.6 is 0 Å². The van der Waals surface area contributed by atoms with Gasteiger partial charge in [-0.25, -0.2) is 0 Å². The highest BCUT2D eigenvalue weighted by Gasteiger charge is 1.75. The summed E-state index contributed by atoms with van der Waals surface area (Å²) in [6.07, 6.45) is 9.82. The van der Waals surface area contributed by atoms with Crippen molar-refractivity contribution in [3.63, 3.8) is 0 Å². The number of hydrogen-bond acceptors (Lipinski definition) is 1. The first-order valence-electron chi connectivity index (χ1n) is 4.06. The second-order valence-electron chi connectivity index (χ2n) is 2.31. The van der Waals surface area contributed by atoms with Gasteiger partial charge in [-0.2, -0.15) is 0 Å². The fraction of sp³-hybridized carbons (Fsp3) is 0.500. The molecule has 0 rings (SSSR count). The van der Waals surface area contributed by atoms with E-state index >= 15 is 0 Å². The Hall–Kier alpha value is -1.05. The topological polar surface area (TPSA) is 37.3 Å². The average Bonchev–Trinajstić information content (AvgIpc) is 1.97. The lowest BCUT2D eigenvalue weighted by Crippen LogP contribution is -1.78. The molecule has 0 radical (unpaired) electrons. The SMILES string of the molecule is C=CCCC/C=C/C.CC(=O)O. The Bertz CT molecular complexity index is 133. The van der Waals surface area contributed by atoms with Crippen LogP contribution in [0.15, 0.2) is 24.8 Å². The van der Waals surface area contributed by atoms with Gasteiger partial charge >= 0.3 is 0 Å². The minimum absolute atomic E-state index is 0.833. The minimum atomic E-state index is -0.833. The van der Waals surface area contributed by atoms with E-state index in [1.807, 2.05) is 13.0 Å². The van der Waals surface area contributed by atoms with E-state index in [0.717, 1.165) is 13.3 Å². The molecule has 70 valence electrons. The molecular formula is C10H18O2. The van der Waals surface area contributed by atoms with E-state index in [4.69, 9.17) is 9.90 Å². The van der Waals surface area contributed by atoms with Crippen LogP contribution in [0, 0.1) is 0 Å². The van der Waals surface area contributed by atoms with Crippen molar-refractivity contribution in [1.29, 1.82) is 0 Å². The Kier molecular flexibility index (Phi) is 14.2. The first-order valence-corrected chi connectivity index (χ1v) is 4.06. The third-order valence-corrected chi connectivity index (χ3v) is 1.01. The molecule has 0 fully saturated rings. The molecule has 0 unspecified atom stereocenters. The maximum atomic E-state index is 9.00. The van der Waals surface area contributed by atoms with Gasteiger partial charge in [0.25, 0.3) is 5.97 Å². The summed E-state index contributed by atoms with van der Waals surface area (Å²) in [4.78, 5) is 9.00. The zero-order valence-electron chi connectivity index (χ0n) is 7.92. The predicted octanol–water partition coefficient (Wildman–Crippen LogP) is 3.01. The van der Waals surface area contributed by atoms with E-state index in [1.54, 1.807) is 0 Å². The summed E-state index contributed by atoms with van der Waals surface area (Å²) in [6, 6.07) is 0. The largest absolute Gasteiger partial charge is 0.481 e. The molecule has 0 aromatic heterocycles. The van der Waals surface area contributed by atoms with E-state index < -0.39 is 5.97 Å². The van der Waals surface area contributed by atoms with Crippen molar-refractivity contribution in [2.24, 2.45) is 0 Å². The molecule has 0 aliphatic rings. The van der Waals surface area contributed by atoms with E-state index in [2.05, 4.69) is 18.7 Å². The molecule has 2 heteroatoms. The van der Waals surface area contributed by atoms with Crippen LogP contribution in [0.1, 0.15) is 33.1 Å². The van der Waals surface area contributed by atoms with Crippen LogP contribution in [0.5, 0.6) is 0 Å². The van der Waals surface area contributed by atoms with Gasteiger partial charge in [0, 0.05) is 6.92 Å². The number of carbonyl (C=O) groups is 1. The molecule has 0 aliphatic carbocycles. The number of carboxylic acid groups (broad SMARTS) is 1. The highest BCUT2D eigenvalue weighted by atomic mass is 16.4. The van der Waals surface area contributed by atoms with Crippen molar-refractivity contribution in [1.82, 2.24) is 0 Å². The molecule has 0 atom stereocenters. The Morgan fingerprint density at radius 2 is 2.00 bits per heavy atom. The van der Waals surface area contributed by atoms with Crippen molar-refractivity contribution in [3.8, 4) is 0 Å². The highest BCUT2D eigenvalue weighted by Crippen LogP contribution is 1.95. The molecule has 0 spiro atoms.